The average molecular weight is 409 g/mol. The van der Waals surface area contributed by atoms with Crippen LogP contribution in [0.4, 0.5) is 0 Å². The van der Waals surface area contributed by atoms with Gasteiger partial charge in [0.1, 0.15) is 0 Å². The summed E-state index contributed by atoms with van der Waals surface area (Å²) >= 11 is 7.35. The summed E-state index contributed by atoms with van der Waals surface area (Å²) in [7, 11) is 1.31. The fourth-order valence-electron chi connectivity index (χ4n) is 2.59. The molecule has 144 valence electrons. The Balaban J connectivity index is 2.11. The van der Waals surface area contributed by atoms with Crippen LogP contribution in [0.3, 0.4) is 0 Å². The molecule has 8 heteroatoms. The number of carbonyl (C=O) groups is 3. The zero-order valence-electron chi connectivity index (χ0n) is 15.0. The molecule has 2 unspecified atom stereocenters. The number of thiophene rings is 1. The van der Waals surface area contributed by atoms with E-state index in [1.165, 1.54) is 25.4 Å². The van der Waals surface area contributed by atoms with Crippen molar-refractivity contribution in [2.45, 2.75) is 31.8 Å². The van der Waals surface area contributed by atoms with Crippen molar-refractivity contribution in [2.24, 2.45) is 0 Å². The van der Waals surface area contributed by atoms with Gasteiger partial charge in [0.15, 0.2) is 0 Å². The van der Waals surface area contributed by atoms with Crippen LogP contribution in [-0.4, -0.2) is 24.9 Å². The first-order valence-electron chi connectivity index (χ1n) is 8.31. The number of halogens is 1. The van der Waals surface area contributed by atoms with Crippen LogP contribution >= 0.6 is 22.9 Å². The fraction of sp³-hybridized carbons (Fsp3) is 0.316. The maximum absolute atomic E-state index is 12.6. The van der Waals surface area contributed by atoms with E-state index in [9.17, 15) is 14.4 Å². The van der Waals surface area contributed by atoms with Gasteiger partial charge >= 0.3 is 5.97 Å². The summed E-state index contributed by atoms with van der Waals surface area (Å²) in [6, 6.07) is 9.66. The molecule has 0 bridgehead atoms. The normalized spacial score (nSPS) is 12.7. The number of nitrogens with one attached hydrogen (secondary N) is 2. The smallest absolute Gasteiger partial charge is 0.307 e. The van der Waals surface area contributed by atoms with E-state index in [2.05, 4.69) is 10.6 Å². The van der Waals surface area contributed by atoms with Gasteiger partial charge in [-0.15, -0.1) is 11.3 Å². The number of hydrogen-bond acceptors (Lipinski definition) is 5. The summed E-state index contributed by atoms with van der Waals surface area (Å²) in [4.78, 5) is 36.7. The second-order valence-electron chi connectivity index (χ2n) is 5.92. The molecule has 1 aromatic carbocycles. The Kier molecular flexibility index (Phi) is 7.82. The molecule has 2 atom stereocenters. The molecule has 2 N–H and O–H groups in total. The topological polar surface area (TPSA) is 84.5 Å². The zero-order valence-corrected chi connectivity index (χ0v) is 16.6. The predicted octanol–water partition coefficient (Wildman–Crippen LogP) is 3.39. The molecule has 0 fully saturated rings. The highest BCUT2D eigenvalue weighted by Gasteiger charge is 2.23. The maximum atomic E-state index is 12.6. The van der Waals surface area contributed by atoms with Crippen molar-refractivity contribution >= 4 is 40.7 Å². The lowest BCUT2D eigenvalue weighted by Gasteiger charge is -2.21. The number of hydrogen-bond donors (Lipinski definition) is 2. The highest BCUT2D eigenvalue weighted by Crippen LogP contribution is 2.24. The molecule has 0 aliphatic rings. The minimum Gasteiger partial charge on any atom is -0.469 e. The lowest BCUT2D eigenvalue weighted by Crippen LogP contribution is -2.35. The SMILES string of the molecule is COC(=O)CC(NC(=O)CC(NC(C)=O)c1ccc(Cl)cc1)c1cccs1. The highest BCUT2D eigenvalue weighted by atomic mass is 35.5. The predicted molar refractivity (Wildman–Crippen MR) is 104 cm³/mol. The van der Waals surface area contributed by atoms with Gasteiger partial charge in [-0.2, -0.15) is 0 Å². The van der Waals surface area contributed by atoms with Crippen molar-refractivity contribution in [3.8, 4) is 0 Å². The van der Waals surface area contributed by atoms with Gasteiger partial charge in [0.05, 0.1) is 32.0 Å². The first kappa shape index (κ1) is 20.9. The van der Waals surface area contributed by atoms with Crippen molar-refractivity contribution in [1.29, 1.82) is 0 Å². The Morgan fingerprint density at radius 1 is 1.07 bits per heavy atom. The van der Waals surface area contributed by atoms with Gasteiger partial charge in [-0.25, -0.2) is 0 Å². The van der Waals surface area contributed by atoms with Gasteiger partial charge in [0.25, 0.3) is 0 Å². The van der Waals surface area contributed by atoms with Gasteiger partial charge in [-0.05, 0) is 29.1 Å². The Morgan fingerprint density at radius 2 is 1.78 bits per heavy atom. The van der Waals surface area contributed by atoms with Crippen molar-refractivity contribution in [2.75, 3.05) is 7.11 Å². The Hall–Kier alpha value is -2.38. The molecule has 0 aliphatic carbocycles. The molecule has 2 rings (SSSR count). The number of amides is 2. The van der Waals surface area contributed by atoms with Gasteiger partial charge in [0, 0.05) is 16.8 Å². The minimum atomic E-state index is -0.498. The summed E-state index contributed by atoms with van der Waals surface area (Å²) in [5.41, 5.74) is 0.769. The number of benzene rings is 1. The van der Waals surface area contributed by atoms with Crippen molar-refractivity contribution in [3.05, 3.63) is 57.2 Å². The van der Waals surface area contributed by atoms with Crippen molar-refractivity contribution in [1.82, 2.24) is 10.6 Å². The van der Waals surface area contributed by atoms with Crippen LogP contribution in [0.25, 0.3) is 0 Å². The van der Waals surface area contributed by atoms with E-state index in [0.29, 0.717) is 5.02 Å². The van der Waals surface area contributed by atoms with Gasteiger partial charge in [-0.1, -0.05) is 29.8 Å². The molecular weight excluding hydrogens is 388 g/mol. The minimum absolute atomic E-state index is 0.0320. The average Bonchev–Trinajstić information content (AvgIpc) is 3.15. The molecule has 1 heterocycles. The van der Waals surface area contributed by atoms with Crippen LogP contribution in [0.1, 0.15) is 42.3 Å². The van der Waals surface area contributed by atoms with E-state index >= 15 is 0 Å². The molecule has 27 heavy (non-hydrogen) atoms. The van der Waals surface area contributed by atoms with Crippen LogP contribution in [0.2, 0.25) is 5.02 Å². The van der Waals surface area contributed by atoms with E-state index in [1.807, 2.05) is 17.5 Å². The maximum Gasteiger partial charge on any atom is 0.307 e. The van der Waals surface area contributed by atoms with E-state index in [-0.39, 0.29) is 24.7 Å². The second kappa shape index (κ2) is 10.1. The van der Waals surface area contributed by atoms with E-state index in [1.54, 1.807) is 24.3 Å². The largest absolute Gasteiger partial charge is 0.469 e. The number of methoxy groups -OCH3 is 1. The van der Waals surface area contributed by atoms with E-state index in [0.717, 1.165) is 10.4 Å². The molecule has 0 radical (unpaired) electrons. The summed E-state index contributed by atoms with van der Waals surface area (Å²) in [5.74, 6) is -0.942. The van der Waals surface area contributed by atoms with Gasteiger partial charge < -0.3 is 15.4 Å². The lowest BCUT2D eigenvalue weighted by molar-refractivity contribution is -0.141. The molecule has 2 amide bonds. The molecule has 2 aromatic rings. The summed E-state index contributed by atoms with van der Waals surface area (Å²) in [6.07, 6.45) is 0.0682. The zero-order chi connectivity index (χ0) is 19.8. The summed E-state index contributed by atoms with van der Waals surface area (Å²) < 4.78 is 4.72. The third-order valence-electron chi connectivity index (χ3n) is 3.86. The molecule has 0 saturated carbocycles. The third kappa shape index (κ3) is 6.69. The van der Waals surface area contributed by atoms with Crippen LogP contribution in [0.5, 0.6) is 0 Å². The quantitative estimate of drug-likeness (QED) is 0.656. The highest BCUT2D eigenvalue weighted by molar-refractivity contribution is 7.10. The number of ether oxygens (including phenoxy) is 1. The van der Waals surface area contributed by atoms with Gasteiger partial charge in [-0.3, -0.25) is 14.4 Å². The Bertz CT molecular complexity index is 778. The van der Waals surface area contributed by atoms with Gasteiger partial charge in [0.2, 0.25) is 11.8 Å². The number of carbonyl (C=O) groups excluding carboxylic acids is 3. The molecule has 0 saturated heterocycles. The number of esters is 1. The summed E-state index contributed by atoms with van der Waals surface area (Å²) in [5, 5.41) is 8.08. The monoisotopic (exact) mass is 408 g/mol. The van der Waals surface area contributed by atoms with E-state index < -0.39 is 18.1 Å². The van der Waals surface area contributed by atoms with Crippen LogP contribution in [0.15, 0.2) is 41.8 Å². The number of rotatable bonds is 8. The molecular formula is C19H21ClN2O4S. The molecule has 0 aliphatic heterocycles. The van der Waals surface area contributed by atoms with Crippen LogP contribution < -0.4 is 10.6 Å². The van der Waals surface area contributed by atoms with Crippen LogP contribution in [0, 0.1) is 0 Å². The standard InChI is InChI=1S/C19H21ClN2O4S/c1-12(23)21-15(13-5-7-14(20)8-6-13)10-18(24)22-16(11-19(25)26-2)17-4-3-9-27-17/h3-9,15-16H,10-11H2,1-2H3,(H,21,23)(H,22,24). The second-order valence-corrected chi connectivity index (χ2v) is 7.34. The summed E-state index contributed by atoms with van der Waals surface area (Å²) in [6.45, 7) is 1.40. The van der Waals surface area contributed by atoms with E-state index in [4.69, 9.17) is 16.3 Å². The molecule has 0 spiro atoms. The van der Waals surface area contributed by atoms with Crippen LogP contribution in [-0.2, 0) is 19.1 Å². The Morgan fingerprint density at radius 3 is 2.33 bits per heavy atom. The molecule has 6 nitrogen and oxygen atoms in total. The van der Waals surface area contributed by atoms with Crippen molar-refractivity contribution in [3.63, 3.8) is 0 Å². The Labute approximate surface area is 166 Å². The fourth-order valence-corrected chi connectivity index (χ4v) is 3.50. The third-order valence-corrected chi connectivity index (χ3v) is 5.10. The first-order chi connectivity index (χ1) is 12.9. The van der Waals surface area contributed by atoms with Crippen molar-refractivity contribution < 1.29 is 19.1 Å². The first-order valence-corrected chi connectivity index (χ1v) is 9.57. The molecule has 1 aromatic heterocycles. The lowest BCUT2D eigenvalue weighted by atomic mass is 10.0.